The Balaban J connectivity index is 0.00000353. The Morgan fingerprint density at radius 2 is 1.54 bits per heavy atom. The van der Waals surface area contributed by atoms with Gasteiger partial charge in [-0.15, -0.1) is 12.4 Å². The molecule has 7 nitrogen and oxygen atoms in total. The van der Waals surface area contributed by atoms with Gasteiger partial charge >= 0.3 is 11.7 Å². The standard InChI is InChI=1S/C30H30FN3O4.ClH/c1-38-29(36)24-6-4-5-21(19-24)20-34-27-8-3-2-7-26(27)33(30(34)37)18-17-32-15-13-23(14-16-32)28(35)22-9-11-25(31)12-10-22;/h2-12,19,23H,13-18,20H2,1H3;1H. The number of ketones is 1. The third-order valence-corrected chi connectivity index (χ3v) is 7.34. The number of ether oxygens (including phenoxy) is 1. The minimum atomic E-state index is -0.412. The molecule has 0 bridgehead atoms. The molecule has 1 aromatic heterocycles. The summed E-state index contributed by atoms with van der Waals surface area (Å²) >= 11 is 0. The lowest BCUT2D eigenvalue weighted by atomic mass is 9.89. The van der Waals surface area contributed by atoms with Crippen LogP contribution < -0.4 is 5.69 Å². The van der Waals surface area contributed by atoms with Gasteiger partial charge in [0.2, 0.25) is 0 Å². The van der Waals surface area contributed by atoms with Gasteiger partial charge in [0.05, 0.1) is 30.3 Å². The lowest BCUT2D eigenvalue weighted by molar-refractivity contribution is 0.0600. The van der Waals surface area contributed by atoms with E-state index in [4.69, 9.17) is 4.74 Å². The number of aromatic nitrogens is 2. The molecule has 204 valence electrons. The number of rotatable bonds is 8. The Bertz CT molecular complexity index is 1520. The quantitative estimate of drug-likeness (QED) is 0.232. The molecule has 0 amide bonds. The molecule has 1 saturated heterocycles. The summed E-state index contributed by atoms with van der Waals surface area (Å²) in [6.07, 6.45) is 1.48. The number of hydrogen-bond donors (Lipinski definition) is 0. The van der Waals surface area contributed by atoms with Gasteiger partial charge in [-0.3, -0.25) is 13.9 Å². The van der Waals surface area contributed by atoms with E-state index in [1.807, 2.05) is 30.3 Å². The van der Waals surface area contributed by atoms with Crippen molar-refractivity contribution in [2.75, 3.05) is 26.7 Å². The minimum absolute atomic E-state index is 0. The highest BCUT2D eigenvalue weighted by Gasteiger charge is 2.26. The zero-order chi connectivity index (χ0) is 26.6. The Kier molecular flexibility index (Phi) is 8.99. The minimum Gasteiger partial charge on any atom is -0.465 e. The first-order valence-corrected chi connectivity index (χ1v) is 12.8. The molecule has 4 aromatic rings. The van der Waals surface area contributed by atoms with E-state index in [1.165, 1.54) is 19.2 Å². The molecule has 3 aromatic carbocycles. The van der Waals surface area contributed by atoms with Crippen molar-refractivity contribution < 1.29 is 18.7 Å². The molecule has 0 radical (unpaired) electrons. The van der Waals surface area contributed by atoms with Crippen LogP contribution in [0.4, 0.5) is 4.39 Å². The van der Waals surface area contributed by atoms with Crippen molar-refractivity contribution in [2.24, 2.45) is 5.92 Å². The van der Waals surface area contributed by atoms with E-state index in [1.54, 1.807) is 39.5 Å². The van der Waals surface area contributed by atoms with Crippen molar-refractivity contribution in [1.82, 2.24) is 14.0 Å². The average Bonchev–Trinajstić information content (AvgIpc) is 3.22. The lowest BCUT2D eigenvalue weighted by Crippen LogP contribution is -2.39. The molecule has 1 fully saturated rings. The fraction of sp³-hybridized carbons (Fsp3) is 0.300. The molecule has 0 spiro atoms. The summed E-state index contributed by atoms with van der Waals surface area (Å²) in [7, 11) is 1.35. The summed E-state index contributed by atoms with van der Waals surface area (Å²) in [6.45, 7) is 3.11. The fourth-order valence-electron chi connectivity index (χ4n) is 5.25. The van der Waals surface area contributed by atoms with Gasteiger partial charge < -0.3 is 9.64 Å². The van der Waals surface area contributed by atoms with E-state index < -0.39 is 5.97 Å². The molecule has 2 heterocycles. The van der Waals surface area contributed by atoms with Crippen LogP contribution in [0.25, 0.3) is 11.0 Å². The van der Waals surface area contributed by atoms with E-state index in [0.29, 0.717) is 30.8 Å². The maximum Gasteiger partial charge on any atom is 0.337 e. The number of carbonyl (C=O) groups excluding carboxylic acids is 2. The van der Waals surface area contributed by atoms with Crippen molar-refractivity contribution in [3.63, 3.8) is 0 Å². The van der Waals surface area contributed by atoms with Gasteiger partial charge in [-0.25, -0.2) is 14.0 Å². The predicted molar refractivity (Wildman–Crippen MR) is 150 cm³/mol. The van der Waals surface area contributed by atoms with Gasteiger partial charge in [-0.2, -0.15) is 0 Å². The van der Waals surface area contributed by atoms with Crippen LogP contribution in [0.2, 0.25) is 0 Å². The topological polar surface area (TPSA) is 73.5 Å². The molecule has 1 aliphatic heterocycles. The van der Waals surface area contributed by atoms with Crippen LogP contribution in [0, 0.1) is 11.7 Å². The SMILES string of the molecule is COC(=O)c1cccc(Cn2c(=O)n(CCN3CCC(C(=O)c4ccc(F)cc4)CC3)c3ccccc32)c1.Cl. The first kappa shape index (κ1) is 28.3. The highest BCUT2D eigenvalue weighted by atomic mass is 35.5. The Morgan fingerprint density at radius 3 is 2.21 bits per heavy atom. The van der Waals surface area contributed by atoms with Crippen LogP contribution >= 0.6 is 12.4 Å². The Labute approximate surface area is 232 Å². The maximum atomic E-state index is 13.5. The number of Topliss-reactive ketones (excluding diaryl/α,β-unsaturated/α-hetero) is 1. The summed E-state index contributed by atoms with van der Waals surface area (Å²) in [5.74, 6) is -0.755. The fourth-order valence-corrected chi connectivity index (χ4v) is 5.25. The Hall–Kier alpha value is -3.75. The molecule has 0 N–H and O–H groups in total. The van der Waals surface area contributed by atoms with Crippen LogP contribution in [0.1, 0.15) is 39.1 Å². The normalized spacial score (nSPS) is 14.2. The highest BCUT2D eigenvalue weighted by molar-refractivity contribution is 5.97. The molecule has 0 aliphatic carbocycles. The van der Waals surface area contributed by atoms with Gasteiger partial charge in [0.25, 0.3) is 0 Å². The monoisotopic (exact) mass is 551 g/mol. The summed E-state index contributed by atoms with van der Waals surface area (Å²) < 4.78 is 21.6. The third kappa shape index (κ3) is 6.13. The maximum absolute atomic E-state index is 13.5. The number of likely N-dealkylation sites (tertiary alicyclic amines) is 1. The zero-order valence-electron chi connectivity index (χ0n) is 21.7. The number of imidazole rings is 1. The molecule has 0 atom stereocenters. The van der Waals surface area contributed by atoms with Crippen LogP contribution in [-0.4, -0.2) is 52.5 Å². The first-order valence-electron chi connectivity index (χ1n) is 12.8. The summed E-state index contributed by atoms with van der Waals surface area (Å²) in [6, 6.07) is 20.6. The number of carbonyl (C=O) groups is 2. The number of nitrogens with zero attached hydrogens (tertiary/aromatic N) is 3. The van der Waals surface area contributed by atoms with Gasteiger partial charge in [-0.1, -0.05) is 24.3 Å². The van der Waals surface area contributed by atoms with Crippen LogP contribution in [-0.2, 0) is 17.8 Å². The van der Waals surface area contributed by atoms with E-state index >= 15 is 0 Å². The third-order valence-electron chi connectivity index (χ3n) is 7.34. The summed E-state index contributed by atoms with van der Waals surface area (Å²) in [5.41, 5.74) is 3.44. The second kappa shape index (κ2) is 12.4. The number of methoxy groups -OCH3 is 1. The van der Waals surface area contributed by atoms with Crippen LogP contribution in [0.5, 0.6) is 0 Å². The van der Waals surface area contributed by atoms with Gasteiger partial charge in [0.1, 0.15) is 5.82 Å². The number of halogens is 2. The smallest absolute Gasteiger partial charge is 0.337 e. The molecule has 0 saturated carbocycles. The molecule has 1 aliphatic rings. The largest absolute Gasteiger partial charge is 0.465 e. The number of esters is 1. The molecule has 9 heteroatoms. The average molecular weight is 552 g/mol. The van der Waals surface area contributed by atoms with Crippen LogP contribution in [0.15, 0.2) is 77.6 Å². The van der Waals surface area contributed by atoms with Crippen molar-refractivity contribution in [1.29, 1.82) is 0 Å². The van der Waals surface area contributed by atoms with E-state index in [0.717, 1.165) is 42.5 Å². The number of piperidine rings is 1. The second-order valence-electron chi connectivity index (χ2n) is 9.69. The Morgan fingerprint density at radius 1 is 0.872 bits per heavy atom. The van der Waals surface area contributed by atoms with E-state index in [-0.39, 0.29) is 35.6 Å². The highest BCUT2D eigenvalue weighted by Crippen LogP contribution is 2.22. The first-order chi connectivity index (χ1) is 18.4. The second-order valence-corrected chi connectivity index (χ2v) is 9.69. The summed E-state index contributed by atoms with van der Waals surface area (Å²) in [4.78, 5) is 40.5. The van der Waals surface area contributed by atoms with Gasteiger partial charge in [-0.05, 0) is 80.0 Å². The van der Waals surface area contributed by atoms with Crippen molar-refractivity contribution >= 4 is 35.2 Å². The van der Waals surface area contributed by atoms with E-state index in [2.05, 4.69) is 4.90 Å². The van der Waals surface area contributed by atoms with E-state index in [9.17, 15) is 18.8 Å². The van der Waals surface area contributed by atoms with Gasteiger partial charge in [0.15, 0.2) is 5.78 Å². The molecular formula is C30H31ClFN3O4. The number of benzene rings is 3. The zero-order valence-corrected chi connectivity index (χ0v) is 22.5. The number of hydrogen-bond acceptors (Lipinski definition) is 5. The number of para-hydroxylation sites is 2. The molecule has 39 heavy (non-hydrogen) atoms. The number of fused-ring (bicyclic) bond motifs is 1. The molecular weight excluding hydrogens is 521 g/mol. The molecule has 0 unspecified atom stereocenters. The van der Waals surface area contributed by atoms with Crippen LogP contribution in [0.3, 0.4) is 0 Å². The van der Waals surface area contributed by atoms with Crippen molar-refractivity contribution in [3.8, 4) is 0 Å². The lowest BCUT2D eigenvalue weighted by Gasteiger charge is -2.31. The molecule has 5 rings (SSSR count). The van der Waals surface area contributed by atoms with Crippen molar-refractivity contribution in [2.45, 2.75) is 25.9 Å². The van der Waals surface area contributed by atoms with Gasteiger partial charge in [0, 0.05) is 24.6 Å². The predicted octanol–water partition coefficient (Wildman–Crippen LogP) is 4.79. The summed E-state index contributed by atoms with van der Waals surface area (Å²) in [5, 5.41) is 0. The van der Waals surface area contributed by atoms with Crippen molar-refractivity contribution in [3.05, 3.63) is 106 Å².